The van der Waals surface area contributed by atoms with Crippen molar-refractivity contribution in [3.05, 3.63) is 12.2 Å². The van der Waals surface area contributed by atoms with E-state index >= 15 is 0 Å². The lowest BCUT2D eigenvalue weighted by molar-refractivity contribution is -0.167. The van der Waals surface area contributed by atoms with Crippen molar-refractivity contribution in [3.8, 4) is 0 Å². The average Bonchev–Trinajstić information content (AvgIpc) is 3.02. The van der Waals surface area contributed by atoms with Gasteiger partial charge in [-0.1, -0.05) is 142 Å². The minimum atomic E-state index is -0.760. The van der Waals surface area contributed by atoms with Crippen LogP contribution in [0.25, 0.3) is 0 Å². The van der Waals surface area contributed by atoms with Gasteiger partial charge in [0, 0.05) is 19.3 Å². The molecule has 44 heavy (non-hydrogen) atoms. The van der Waals surface area contributed by atoms with E-state index in [9.17, 15) is 14.4 Å². The van der Waals surface area contributed by atoms with E-state index in [1.807, 2.05) is 0 Å². The monoisotopic (exact) mass is 623 g/mol. The van der Waals surface area contributed by atoms with Crippen LogP contribution in [0.3, 0.4) is 0 Å². The Kier molecular flexibility index (Phi) is 32.6. The summed E-state index contributed by atoms with van der Waals surface area (Å²) in [7, 11) is 0. The fourth-order valence-electron chi connectivity index (χ4n) is 5.14. The van der Waals surface area contributed by atoms with Gasteiger partial charge in [-0.25, -0.2) is 0 Å². The predicted octanol–water partition coefficient (Wildman–Crippen LogP) is 11.1. The Bertz CT molecular complexity index is 689. The summed E-state index contributed by atoms with van der Waals surface area (Å²) in [6.07, 6.45) is 32.3. The second-order valence-electron chi connectivity index (χ2n) is 12.5. The smallest absolute Gasteiger partial charge is 0.306 e. The summed E-state index contributed by atoms with van der Waals surface area (Å²) in [4.78, 5) is 37.0. The molecule has 0 N–H and O–H groups in total. The molecule has 0 spiro atoms. The highest BCUT2D eigenvalue weighted by Crippen LogP contribution is 2.12. The number of ether oxygens (including phenoxy) is 3. The quantitative estimate of drug-likeness (QED) is 0.0313. The Morgan fingerprint density at radius 2 is 0.750 bits per heavy atom. The first kappa shape index (κ1) is 42.1. The molecule has 6 nitrogen and oxygen atoms in total. The summed E-state index contributed by atoms with van der Waals surface area (Å²) in [5.74, 6) is -0.903. The van der Waals surface area contributed by atoms with Crippen molar-refractivity contribution >= 4 is 17.9 Å². The number of hydrogen-bond donors (Lipinski definition) is 0. The number of allylic oxidation sites excluding steroid dienone is 2. The van der Waals surface area contributed by atoms with E-state index in [1.165, 1.54) is 89.9 Å². The van der Waals surface area contributed by atoms with E-state index in [0.29, 0.717) is 19.3 Å². The van der Waals surface area contributed by atoms with Crippen molar-refractivity contribution in [2.75, 3.05) is 13.2 Å². The van der Waals surface area contributed by atoms with Crippen LogP contribution < -0.4 is 0 Å². The van der Waals surface area contributed by atoms with E-state index in [2.05, 4.69) is 32.9 Å². The lowest BCUT2D eigenvalue weighted by atomic mass is 10.1. The van der Waals surface area contributed by atoms with Gasteiger partial charge >= 0.3 is 17.9 Å². The molecule has 6 heteroatoms. The Hall–Kier alpha value is -1.85. The van der Waals surface area contributed by atoms with Crippen molar-refractivity contribution in [1.82, 2.24) is 0 Å². The predicted molar refractivity (Wildman–Crippen MR) is 183 cm³/mol. The Morgan fingerprint density at radius 3 is 1.14 bits per heavy atom. The molecule has 0 bridgehead atoms. The second kappa shape index (κ2) is 34.0. The molecule has 0 aliphatic heterocycles. The molecule has 1 atom stereocenters. The van der Waals surface area contributed by atoms with Gasteiger partial charge in [0.1, 0.15) is 13.2 Å². The lowest BCUT2D eigenvalue weighted by Crippen LogP contribution is -2.30. The topological polar surface area (TPSA) is 78.9 Å². The molecule has 0 amide bonds. The minimum absolute atomic E-state index is 0.0719. The Morgan fingerprint density at radius 1 is 0.432 bits per heavy atom. The molecule has 0 saturated carbocycles. The number of esters is 3. The van der Waals surface area contributed by atoms with Crippen LogP contribution in [-0.4, -0.2) is 37.2 Å². The molecular formula is C38H70O6. The molecule has 0 saturated heterocycles. The third-order valence-electron chi connectivity index (χ3n) is 8.02. The number of rotatable bonds is 33. The first-order valence-electron chi connectivity index (χ1n) is 18.7. The largest absolute Gasteiger partial charge is 0.462 e. The summed E-state index contributed by atoms with van der Waals surface area (Å²) < 4.78 is 16.4. The SMILES string of the molecule is CCCCCCC/C=C\CCCCCCCC(=O)OCC(COC(=O)CCCCCCCC)OC(=O)CCCCCCCC. The highest BCUT2D eigenvalue weighted by atomic mass is 16.6. The fourth-order valence-corrected chi connectivity index (χ4v) is 5.14. The molecule has 0 fully saturated rings. The van der Waals surface area contributed by atoms with Gasteiger partial charge in [0.05, 0.1) is 0 Å². The summed E-state index contributed by atoms with van der Waals surface area (Å²) >= 11 is 0. The molecule has 258 valence electrons. The summed E-state index contributed by atoms with van der Waals surface area (Å²) in [5, 5.41) is 0. The van der Waals surface area contributed by atoms with Gasteiger partial charge < -0.3 is 14.2 Å². The van der Waals surface area contributed by atoms with Crippen molar-refractivity contribution in [2.24, 2.45) is 0 Å². The van der Waals surface area contributed by atoms with Crippen LogP contribution in [0.1, 0.15) is 194 Å². The van der Waals surface area contributed by atoms with E-state index in [1.54, 1.807) is 0 Å². The zero-order chi connectivity index (χ0) is 32.4. The maximum Gasteiger partial charge on any atom is 0.306 e. The minimum Gasteiger partial charge on any atom is -0.462 e. The second-order valence-corrected chi connectivity index (χ2v) is 12.5. The zero-order valence-electron chi connectivity index (χ0n) is 29.2. The van der Waals surface area contributed by atoms with Crippen LogP contribution in [0.5, 0.6) is 0 Å². The molecule has 0 aromatic heterocycles. The highest BCUT2D eigenvalue weighted by molar-refractivity contribution is 5.71. The van der Waals surface area contributed by atoms with Crippen molar-refractivity contribution < 1.29 is 28.6 Å². The van der Waals surface area contributed by atoms with Gasteiger partial charge in [0.2, 0.25) is 0 Å². The lowest BCUT2D eigenvalue weighted by Gasteiger charge is -2.18. The molecule has 0 aliphatic carbocycles. The van der Waals surface area contributed by atoms with Crippen LogP contribution in [0, 0.1) is 0 Å². The van der Waals surface area contributed by atoms with Gasteiger partial charge in [-0.05, 0) is 44.9 Å². The summed E-state index contributed by atoms with van der Waals surface area (Å²) in [5.41, 5.74) is 0. The van der Waals surface area contributed by atoms with E-state index < -0.39 is 6.10 Å². The first-order valence-corrected chi connectivity index (χ1v) is 18.7. The van der Waals surface area contributed by atoms with E-state index in [4.69, 9.17) is 14.2 Å². The first-order chi connectivity index (χ1) is 21.5. The molecule has 0 rings (SSSR count). The van der Waals surface area contributed by atoms with E-state index in [0.717, 1.165) is 64.2 Å². The van der Waals surface area contributed by atoms with Gasteiger partial charge in [0.25, 0.3) is 0 Å². The molecule has 0 aromatic rings. The van der Waals surface area contributed by atoms with Gasteiger partial charge in [0.15, 0.2) is 6.10 Å². The zero-order valence-corrected chi connectivity index (χ0v) is 29.2. The van der Waals surface area contributed by atoms with Crippen LogP contribution in [0.4, 0.5) is 0 Å². The normalized spacial score (nSPS) is 12.0. The summed E-state index contributed by atoms with van der Waals surface area (Å²) in [6, 6.07) is 0. The van der Waals surface area contributed by atoms with Gasteiger partial charge in [-0.15, -0.1) is 0 Å². The third-order valence-corrected chi connectivity index (χ3v) is 8.02. The number of carbonyl (C=O) groups is 3. The van der Waals surface area contributed by atoms with Gasteiger partial charge in [-0.3, -0.25) is 14.4 Å². The molecule has 0 aliphatic rings. The maximum absolute atomic E-state index is 12.4. The van der Waals surface area contributed by atoms with Crippen LogP contribution >= 0.6 is 0 Å². The van der Waals surface area contributed by atoms with Gasteiger partial charge in [-0.2, -0.15) is 0 Å². The van der Waals surface area contributed by atoms with Crippen molar-refractivity contribution in [1.29, 1.82) is 0 Å². The Balaban J connectivity index is 4.23. The molecule has 1 unspecified atom stereocenters. The highest BCUT2D eigenvalue weighted by Gasteiger charge is 2.19. The molecular weight excluding hydrogens is 552 g/mol. The van der Waals surface area contributed by atoms with Crippen LogP contribution in [0.15, 0.2) is 12.2 Å². The summed E-state index contributed by atoms with van der Waals surface area (Å²) in [6.45, 7) is 6.47. The number of carbonyl (C=O) groups excluding carboxylic acids is 3. The number of unbranched alkanes of at least 4 members (excludes halogenated alkanes) is 20. The fraction of sp³-hybridized carbons (Fsp3) is 0.868. The van der Waals surface area contributed by atoms with E-state index in [-0.39, 0.29) is 31.1 Å². The maximum atomic E-state index is 12.4. The number of hydrogen-bond acceptors (Lipinski definition) is 6. The molecule has 0 heterocycles. The average molecular weight is 623 g/mol. The Labute approximate surface area is 271 Å². The standard InChI is InChI=1S/C38H70O6/c1-4-7-10-13-16-17-18-19-20-21-22-23-26-28-31-37(40)43-34-35(44-38(41)32-29-25-15-12-9-6-3)33-42-36(39)30-27-24-14-11-8-5-2/h18-19,35H,4-17,20-34H2,1-3H3/b19-18-. The molecule has 0 aromatic carbocycles. The van der Waals surface area contributed by atoms with Crippen molar-refractivity contribution in [3.63, 3.8) is 0 Å². The third kappa shape index (κ3) is 31.6. The molecule has 0 radical (unpaired) electrons. The van der Waals surface area contributed by atoms with Crippen molar-refractivity contribution in [2.45, 2.75) is 200 Å². The van der Waals surface area contributed by atoms with Crippen LogP contribution in [0.2, 0.25) is 0 Å². The van der Waals surface area contributed by atoms with Crippen LogP contribution in [-0.2, 0) is 28.6 Å².